The zero-order valence-corrected chi connectivity index (χ0v) is 13.3. The molecule has 0 N–H and O–H groups in total. The summed E-state index contributed by atoms with van der Waals surface area (Å²) in [6.45, 7) is 4.65. The van der Waals surface area contributed by atoms with Crippen molar-refractivity contribution in [2.45, 2.75) is 26.4 Å². The Morgan fingerprint density at radius 2 is 1.70 bits per heavy atom. The Bertz CT molecular complexity index is 815. The second kappa shape index (κ2) is 6.57. The van der Waals surface area contributed by atoms with Crippen LogP contribution in [0.4, 0.5) is 0 Å². The number of amides is 1. The minimum atomic E-state index is 0.0106. The molecule has 3 rings (SSSR count). The molecule has 0 unspecified atom stereocenters. The number of hydrogen-bond donors (Lipinski definition) is 0. The van der Waals surface area contributed by atoms with Gasteiger partial charge in [0.1, 0.15) is 0 Å². The Morgan fingerprint density at radius 1 is 1.00 bits per heavy atom. The van der Waals surface area contributed by atoms with Crippen molar-refractivity contribution in [1.29, 1.82) is 0 Å². The van der Waals surface area contributed by atoms with Gasteiger partial charge in [0, 0.05) is 30.5 Å². The van der Waals surface area contributed by atoms with E-state index in [9.17, 15) is 4.79 Å². The van der Waals surface area contributed by atoms with E-state index in [1.807, 2.05) is 67.3 Å². The molecule has 3 aromatic rings. The molecule has 0 fully saturated rings. The van der Waals surface area contributed by atoms with E-state index in [1.165, 1.54) is 0 Å². The Kier molecular flexibility index (Phi) is 4.33. The predicted molar refractivity (Wildman–Crippen MR) is 91.0 cm³/mol. The van der Waals surface area contributed by atoms with E-state index in [0.717, 1.165) is 16.6 Å². The number of carbonyl (C=O) groups excluding carboxylic acids is 1. The van der Waals surface area contributed by atoms with Crippen LogP contribution in [0.2, 0.25) is 0 Å². The molecule has 23 heavy (non-hydrogen) atoms. The second-order valence-corrected chi connectivity index (χ2v) is 5.77. The van der Waals surface area contributed by atoms with Gasteiger partial charge in [0.2, 0.25) is 0 Å². The molecule has 1 aromatic heterocycles. The number of carbonyl (C=O) groups is 1. The molecule has 4 heteroatoms. The molecule has 1 heterocycles. The van der Waals surface area contributed by atoms with E-state index in [-0.39, 0.29) is 11.9 Å². The maximum atomic E-state index is 12.9. The van der Waals surface area contributed by atoms with Crippen LogP contribution in [0.5, 0.6) is 0 Å². The summed E-state index contributed by atoms with van der Waals surface area (Å²) in [7, 11) is 0. The Hall–Kier alpha value is -2.75. The number of benzene rings is 2. The highest BCUT2D eigenvalue weighted by Crippen LogP contribution is 2.16. The first-order valence-corrected chi connectivity index (χ1v) is 7.71. The summed E-state index contributed by atoms with van der Waals surface area (Å²) >= 11 is 0. The molecule has 0 saturated carbocycles. The smallest absolute Gasteiger partial charge is 0.254 e. The SMILES string of the molecule is CC(C)N(Cc1ccccc1)C(=O)c1ccc2nccnc2c1. The molecule has 0 spiro atoms. The summed E-state index contributed by atoms with van der Waals surface area (Å²) in [5.74, 6) is 0.0106. The molecule has 0 bridgehead atoms. The van der Waals surface area contributed by atoms with Crippen LogP contribution in [0.3, 0.4) is 0 Å². The van der Waals surface area contributed by atoms with Gasteiger partial charge in [-0.3, -0.25) is 14.8 Å². The highest BCUT2D eigenvalue weighted by atomic mass is 16.2. The number of fused-ring (bicyclic) bond motifs is 1. The topological polar surface area (TPSA) is 46.1 Å². The lowest BCUT2D eigenvalue weighted by atomic mass is 10.1. The molecule has 0 radical (unpaired) electrons. The Labute approximate surface area is 135 Å². The zero-order chi connectivity index (χ0) is 16.2. The molecule has 1 amide bonds. The molecule has 4 nitrogen and oxygen atoms in total. The molecule has 0 atom stereocenters. The van der Waals surface area contributed by atoms with E-state index < -0.39 is 0 Å². The monoisotopic (exact) mass is 305 g/mol. The molecule has 116 valence electrons. The summed E-state index contributed by atoms with van der Waals surface area (Å²) in [4.78, 5) is 23.3. The van der Waals surface area contributed by atoms with E-state index in [0.29, 0.717) is 12.1 Å². The largest absolute Gasteiger partial charge is 0.332 e. The van der Waals surface area contributed by atoms with Crippen molar-refractivity contribution >= 4 is 16.9 Å². The number of aromatic nitrogens is 2. The van der Waals surface area contributed by atoms with E-state index in [4.69, 9.17) is 0 Å². The third-order valence-electron chi connectivity index (χ3n) is 3.80. The lowest BCUT2D eigenvalue weighted by molar-refractivity contribution is 0.0690. The van der Waals surface area contributed by atoms with Crippen LogP contribution >= 0.6 is 0 Å². The number of nitrogens with zero attached hydrogens (tertiary/aromatic N) is 3. The summed E-state index contributed by atoms with van der Waals surface area (Å²) in [5.41, 5.74) is 3.29. The first-order valence-electron chi connectivity index (χ1n) is 7.71. The molecule has 0 aliphatic heterocycles. The van der Waals surface area contributed by atoms with Crippen LogP contribution in [-0.2, 0) is 6.54 Å². The highest BCUT2D eigenvalue weighted by Gasteiger charge is 2.19. The first-order chi connectivity index (χ1) is 11.1. The predicted octanol–water partition coefficient (Wildman–Crippen LogP) is 3.68. The Morgan fingerprint density at radius 3 is 2.39 bits per heavy atom. The quantitative estimate of drug-likeness (QED) is 0.738. The van der Waals surface area contributed by atoms with Gasteiger partial charge >= 0.3 is 0 Å². The van der Waals surface area contributed by atoms with Crippen molar-refractivity contribution in [2.24, 2.45) is 0 Å². The van der Waals surface area contributed by atoms with E-state index in [1.54, 1.807) is 12.4 Å². The van der Waals surface area contributed by atoms with Gasteiger partial charge in [0.15, 0.2) is 0 Å². The molecule has 2 aromatic carbocycles. The average molecular weight is 305 g/mol. The van der Waals surface area contributed by atoms with Crippen molar-refractivity contribution in [3.8, 4) is 0 Å². The first kappa shape index (κ1) is 15.2. The van der Waals surface area contributed by atoms with Crippen LogP contribution in [-0.4, -0.2) is 26.8 Å². The minimum absolute atomic E-state index is 0.0106. The van der Waals surface area contributed by atoms with Gasteiger partial charge < -0.3 is 4.90 Å². The van der Waals surface area contributed by atoms with E-state index >= 15 is 0 Å². The van der Waals surface area contributed by atoms with Gasteiger partial charge in [-0.15, -0.1) is 0 Å². The molecule has 0 saturated heterocycles. The van der Waals surface area contributed by atoms with Crippen molar-refractivity contribution in [3.63, 3.8) is 0 Å². The lowest BCUT2D eigenvalue weighted by Gasteiger charge is -2.27. The fraction of sp³-hybridized carbons (Fsp3) is 0.211. The highest BCUT2D eigenvalue weighted by molar-refractivity contribution is 5.97. The summed E-state index contributed by atoms with van der Waals surface area (Å²) < 4.78 is 0. The van der Waals surface area contributed by atoms with E-state index in [2.05, 4.69) is 9.97 Å². The van der Waals surface area contributed by atoms with Gasteiger partial charge in [-0.25, -0.2) is 0 Å². The van der Waals surface area contributed by atoms with Crippen LogP contribution in [0.15, 0.2) is 60.9 Å². The minimum Gasteiger partial charge on any atom is -0.332 e. The molecule has 0 aliphatic carbocycles. The average Bonchev–Trinajstić information content (AvgIpc) is 2.59. The van der Waals surface area contributed by atoms with Crippen molar-refractivity contribution in [2.75, 3.05) is 0 Å². The van der Waals surface area contributed by atoms with Gasteiger partial charge in [-0.05, 0) is 37.6 Å². The summed E-state index contributed by atoms with van der Waals surface area (Å²) in [6, 6.07) is 15.6. The lowest BCUT2D eigenvalue weighted by Crippen LogP contribution is -2.36. The fourth-order valence-electron chi connectivity index (χ4n) is 2.53. The third-order valence-corrected chi connectivity index (χ3v) is 3.80. The molecular formula is C19H19N3O. The summed E-state index contributed by atoms with van der Waals surface area (Å²) in [6.07, 6.45) is 3.29. The van der Waals surface area contributed by atoms with Gasteiger partial charge in [-0.1, -0.05) is 30.3 Å². The molecular weight excluding hydrogens is 286 g/mol. The molecule has 0 aliphatic rings. The number of hydrogen-bond acceptors (Lipinski definition) is 3. The fourth-order valence-corrected chi connectivity index (χ4v) is 2.53. The standard InChI is InChI=1S/C19H19N3O/c1-14(2)22(13-15-6-4-3-5-7-15)19(23)16-8-9-17-18(12-16)21-11-10-20-17/h3-12,14H,13H2,1-2H3. The van der Waals surface area contributed by atoms with Gasteiger partial charge in [0.05, 0.1) is 11.0 Å². The number of rotatable bonds is 4. The van der Waals surface area contributed by atoms with Crippen LogP contribution in [0.25, 0.3) is 11.0 Å². The second-order valence-electron chi connectivity index (χ2n) is 5.77. The van der Waals surface area contributed by atoms with Crippen molar-refractivity contribution in [1.82, 2.24) is 14.9 Å². The van der Waals surface area contributed by atoms with Gasteiger partial charge in [0.25, 0.3) is 5.91 Å². The third kappa shape index (κ3) is 3.37. The zero-order valence-electron chi connectivity index (χ0n) is 13.3. The van der Waals surface area contributed by atoms with Gasteiger partial charge in [-0.2, -0.15) is 0 Å². The van der Waals surface area contributed by atoms with Crippen LogP contribution in [0.1, 0.15) is 29.8 Å². The van der Waals surface area contributed by atoms with Crippen molar-refractivity contribution < 1.29 is 4.79 Å². The maximum absolute atomic E-state index is 12.9. The maximum Gasteiger partial charge on any atom is 0.254 e. The van der Waals surface area contributed by atoms with Crippen molar-refractivity contribution in [3.05, 3.63) is 72.1 Å². The normalized spacial score (nSPS) is 10.9. The summed E-state index contributed by atoms with van der Waals surface area (Å²) in [5, 5.41) is 0. The van der Waals surface area contributed by atoms with Crippen LogP contribution < -0.4 is 0 Å². The van der Waals surface area contributed by atoms with Crippen LogP contribution in [0, 0.1) is 0 Å². The Balaban J connectivity index is 1.90.